The molecule has 1 heterocycles. The van der Waals surface area contributed by atoms with E-state index >= 15 is 0 Å². The molecule has 1 N–H and O–H groups in total. The average Bonchev–Trinajstić information content (AvgIpc) is 2.69. The van der Waals surface area contributed by atoms with E-state index in [4.69, 9.17) is 0 Å². The lowest BCUT2D eigenvalue weighted by Gasteiger charge is -2.34. The highest BCUT2D eigenvalue weighted by Gasteiger charge is 2.35. The van der Waals surface area contributed by atoms with Crippen LogP contribution in [0.5, 0.6) is 0 Å². The molecule has 0 aliphatic carbocycles. The molecule has 0 spiro atoms. The fourth-order valence-electron chi connectivity index (χ4n) is 4.35. The lowest BCUT2D eigenvalue weighted by atomic mass is 9.91. The Kier molecular flexibility index (Phi) is 4.52. The third kappa shape index (κ3) is 2.82. The summed E-state index contributed by atoms with van der Waals surface area (Å²) in [5.41, 5.74) is 5.83. The Balaban J connectivity index is 2.19. The SMILES string of the molecule is C=c1ccc2c(c1)[Si](C)(C)c1cc(N(C)C)ccc1C=2c1ccccc1CO. The van der Waals surface area contributed by atoms with E-state index in [-0.39, 0.29) is 6.61 Å². The first-order valence-corrected chi connectivity index (χ1v) is 12.7. The van der Waals surface area contributed by atoms with Gasteiger partial charge in [0.05, 0.1) is 6.61 Å². The van der Waals surface area contributed by atoms with Crippen LogP contribution >= 0.6 is 0 Å². The fraction of sp³-hybridized carbons (Fsp3) is 0.200. The van der Waals surface area contributed by atoms with Gasteiger partial charge in [-0.05, 0) is 55.2 Å². The van der Waals surface area contributed by atoms with E-state index in [2.05, 4.69) is 87.2 Å². The number of nitrogens with zero attached hydrogens (tertiary/aromatic N) is 1. The molecule has 142 valence electrons. The zero-order valence-corrected chi connectivity index (χ0v) is 18.1. The second-order valence-electron chi connectivity index (χ2n) is 8.32. The molecule has 28 heavy (non-hydrogen) atoms. The van der Waals surface area contributed by atoms with Gasteiger partial charge in [0, 0.05) is 19.8 Å². The molecule has 3 aromatic rings. The summed E-state index contributed by atoms with van der Waals surface area (Å²) in [5, 5.41) is 15.2. The summed E-state index contributed by atoms with van der Waals surface area (Å²) in [6, 6.07) is 21.6. The van der Waals surface area contributed by atoms with Crippen molar-refractivity contribution < 1.29 is 5.11 Å². The number of hydrogen-bond acceptors (Lipinski definition) is 2. The first-order valence-electron chi connectivity index (χ1n) is 9.69. The van der Waals surface area contributed by atoms with Gasteiger partial charge < -0.3 is 10.0 Å². The van der Waals surface area contributed by atoms with Gasteiger partial charge in [0.15, 0.2) is 0 Å². The van der Waals surface area contributed by atoms with Crippen molar-refractivity contribution in [2.24, 2.45) is 0 Å². The molecule has 0 bridgehead atoms. The Labute approximate surface area is 168 Å². The van der Waals surface area contributed by atoms with Crippen molar-refractivity contribution in [1.29, 1.82) is 0 Å². The van der Waals surface area contributed by atoms with Crippen LogP contribution in [0.2, 0.25) is 13.1 Å². The number of rotatable bonds is 3. The van der Waals surface area contributed by atoms with Crippen LogP contribution in [-0.2, 0) is 6.61 Å². The van der Waals surface area contributed by atoms with Gasteiger partial charge in [-0.15, -0.1) is 0 Å². The Morgan fingerprint density at radius 3 is 2.36 bits per heavy atom. The molecule has 0 radical (unpaired) electrons. The minimum Gasteiger partial charge on any atom is -0.392 e. The van der Waals surface area contributed by atoms with Crippen LogP contribution in [-0.4, -0.2) is 27.3 Å². The van der Waals surface area contributed by atoms with Crippen molar-refractivity contribution in [3.63, 3.8) is 0 Å². The molecule has 1 aliphatic rings. The number of anilines is 1. The molecular formula is C25H27NOSi. The molecule has 0 atom stereocenters. The van der Waals surface area contributed by atoms with Crippen LogP contribution in [0, 0.1) is 0 Å². The minimum atomic E-state index is -1.89. The van der Waals surface area contributed by atoms with Crippen LogP contribution in [0.25, 0.3) is 12.2 Å². The lowest BCUT2D eigenvalue weighted by Crippen LogP contribution is -2.63. The van der Waals surface area contributed by atoms with Crippen LogP contribution < -0.4 is 25.7 Å². The minimum absolute atomic E-state index is 0.0361. The van der Waals surface area contributed by atoms with Crippen molar-refractivity contribution in [2.45, 2.75) is 19.7 Å². The van der Waals surface area contributed by atoms with Gasteiger partial charge >= 0.3 is 0 Å². The van der Waals surface area contributed by atoms with Crippen LogP contribution in [0.15, 0.2) is 60.7 Å². The van der Waals surface area contributed by atoms with Gasteiger partial charge in [-0.1, -0.05) is 68.2 Å². The summed E-state index contributed by atoms with van der Waals surface area (Å²) >= 11 is 0. The summed E-state index contributed by atoms with van der Waals surface area (Å²) < 4.78 is 0. The monoisotopic (exact) mass is 385 g/mol. The van der Waals surface area contributed by atoms with Crippen LogP contribution in [0.1, 0.15) is 16.7 Å². The summed E-state index contributed by atoms with van der Waals surface area (Å²) in [6.07, 6.45) is 0. The third-order valence-electron chi connectivity index (χ3n) is 5.95. The second kappa shape index (κ2) is 6.76. The molecule has 4 rings (SSSR count). The summed E-state index contributed by atoms with van der Waals surface area (Å²) in [6.45, 7) is 9.09. The zero-order chi connectivity index (χ0) is 20.1. The summed E-state index contributed by atoms with van der Waals surface area (Å²) in [5.74, 6) is 0. The van der Waals surface area contributed by atoms with Gasteiger partial charge in [0.1, 0.15) is 8.07 Å². The van der Waals surface area contributed by atoms with Crippen LogP contribution in [0.4, 0.5) is 5.69 Å². The van der Waals surface area contributed by atoms with E-state index in [0.717, 1.165) is 16.3 Å². The van der Waals surface area contributed by atoms with E-state index < -0.39 is 8.07 Å². The largest absolute Gasteiger partial charge is 0.392 e. The fourth-order valence-corrected chi connectivity index (χ4v) is 7.46. The average molecular weight is 386 g/mol. The predicted molar refractivity (Wildman–Crippen MR) is 123 cm³/mol. The van der Waals surface area contributed by atoms with Gasteiger partial charge in [-0.3, -0.25) is 0 Å². The molecule has 0 saturated heterocycles. The molecule has 0 fully saturated rings. The second-order valence-corrected chi connectivity index (χ2v) is 12.6. The number of benzene rings is 3. The number of hydrogen-bond donors (Lipinski definition) is 1. The molecule has 1 aliphatic heterocycles. The number of aliphatic hydroxyl groups excluding tert-OH is 1. The number of fused-ring (bicyclic) bond motifs is 2. The van der Waals surface area contributed by atoms with Crippen molar-refractivity contribution in [1.82, 2.24) is 0 Å². The van der Waals surface area contributed by atoms with Crippen molar-refractivity contribution >= 4 is 36.3 Å². The molecule has 0 amide bonds. The maximum Gasteiger partial charge on any atom is 0.113 e. The van der Waals surface area contributed by atoms with Crippen molar-refractivity contribution in [2.75, 3.05) is 19.0 Å². The first-order chi connectivity index (χ1) is 13.3. The van der Waals surface area contributed by atoms with Gasteiger partial charge in [0.2, 0.25) is 0 Å². The highest BCUT2D eigenvalue weighted by atomic mass is 28.3. The van der Waals surface area contributed by atoms with Crippen LogP contribution in [0.3, 0.4) is 0 Å². The molecule has 3 heteroatoms. The molecule has 2 nitrogen and oxygen atoms in total. The Hall–Kier alpha value is -2.62. The Bertz CT molecular complexity index is 1180. The van der Waals surface area contributed by atoms with Gasteiger partial charge in [-0.25, -0.2) is 0 Å². The quantitative estimate of drug-likeness (QED) is 0.698. The topological polar surface area (TPSA) is 23.5 Å². The van der Waals surface area contributed by atoms with E-state index in [1.54, 1.807) is 0 Å². The maximum absolute atomic E-state index is 9.99. The van der Waals surface area contributed by atoms with E-state index in [0.29, 0.717) is 0 Å². The van der Waals surface area contributed by atoms with E-state index in [9.17, 15) is 5.11 Å². The molecule has 0 saturated carbocycles. The lowest BCUT2D eigenvalue weighted by molar-refractivity contribution is 0.281. The normalized spacial score (nSPS) is 14.4. The zero-order valence-electron chi connectivity index (χ0n) is 17.1. The van der Waals surface area contributed by atoms with Gasteiger partial charge in [-0.2, -0.15) is 0 Å². The Morgan fingerprint density at radius 1 is 0.893 bits per heavy atom. The smallest absolute Gasteiger partial charge is 0.113 e. The number of aliphatic hydroxyl groups is 1. The third-order valence-corrected chi connectivity index (χ3v) is 9.47. The highest BCUT2D eigenvalue weighted by Crippen LogP contribution is 2.28. The molecule has 0 aromatic heterocycles. The van der Waals surface area contributed by atoms with Gasteiger partial charge in [0.25, 0.3) is 0 Å². The van der Waals surface area contributed by atoms with Crippen molar-refractivity contribution in [3.05, 3.63) is 87.8 Å². The highest BCUT2D eigenvalue weighted by molar-refractivity contribution is 7.01. The summed E-state index contributed by atoms with van der Waals surface area (Å²) in [4.78, 5) is 2.17. The molecular weight excluding hydrogens is 358 g/mol. The maximum atomic E-state index is 9.99. The summed E-state index contributed by atoms with van der Waals surface area (Å²) in [7, 11) is 2.29. The standard InChI is InChI=1S/C25H27NOSi/c1-17-10-12-21-23(14-17)28(4,5)24-15-19(26(2)3)11-13-22(24)25(21)20-9-7-6-8-18(20)16-27/h6-15,27H,1,16H2,2-5H3. The van der Waals surface area contributed by atoms with E-state index in [1.807, 2.05) is 12.1 Å². The predicted octanol–water partition coefficient (Wildman–Crippen LogP) is 2.04. The molecule has 3 aromatic carbocycles. The van der Waals surface area contributed by atoms with Crippen molar-refractivity contribution in [3.8, 4) is 0 Å². The molecule has 0 unspecified atom stereocenters. The Morgan fingerprint density at radius 2 is 1.64 bits per heavy atom. The first kappa shape index (κ1) is 18.7. The van der Waals surface area contributed by atoms with E-state index in [1.165, 1.54) is 32.4 Å².